The van der Waals surface area contributed by atoms with E-state index in [0.717, 1.165) is 36.2 Å². The molecule has 4 nitrogen and oxygen atoms in total. The van der Waals surface area contributed by atoms with Gasteiger partial charge in [-0.25, -0.2) is 4.98 Å². The molecule has 1 N–H and O–H groups in total. The highest BCUT2D eigenvalue weighted by Crippen LogP contribution is 2.19. The van der Waals surface area contributed by atoms with E-state index >= 15 is 0 Å². The summed E-state index contributed by atoms with van der Waals surface area (Å²) in [6.07, 6.45) is 1.71. The van der Waals surface area contributed by atoms with Crippen molar-refractivity contribution in [1.29, 1.82) is 0 Å². The van der Waals surface area contributed by atoms with Gasteiger partial charge in [0, 0.05) is 24.9 Å². The van der Waals surface area contributed by atoms with Gasteiger partial charge in [0.15, 0.2) is 0 Å². The zero-order chi connectivity index (χ0) is 19.4. The molecule has 0 aliphatic heterocycles. The van der Waals surface area contributed by atoms with Crippen molar-refractivity contribution in [2.24, 2.45) is 5.41 Å². The number of aromatic nitrogens is 2. The third-order valence-electron chi connectivity index (χ3n) is 4.74. The third-order valence-corrected chi connectivity index (χ3v) is 4.74. The van der Waals surface area contributed by atoms with Crippen LogP contribution in [0.2, 0.25) is 0 Å². The Morgan fingerprint density at radius 2 is 1.78 bits per heavy atom. The Hall–Kier alpha value is -2.62. The molecule has 0 radical (unpaired) electrons. The summed E-state index contributed by atoms with van der Waals surface area (Å²) in [7, 11) is 0. The fraction of sp³-hybridized carbons (Fsp3) is 0.391. The van der Waals surface area contributed by atoms with Crippen LogP contribution in [0.3, 0.4) is 0 Å². The predicted octanol–water partition coefficient (Wildman–Crippen LogP) is 4.49. The Bertz CT molecular complexity index is 917. The molecule has 0 saturated carbocycles. The lowest BCUT2D eigenvalue weighted by atomic mass is 9.96. The normalized spacial score (nSPS) is 11.7. The average molecular weight is 364 g/mol. The second-order valence-corrected chi connectivity index (χ2v) is 8.20. The van der Waals surface area contributed by atoms with E-state index in [0.29, 0.717) is 6.54 Å². The molecule has 1 amide bonds. The van der Waals surface area contributed by atoms with E-state index in [1.165, 1.54) is 11.1 Å². The Morgan fingerprint density at radius 1 is 1.07 bits per heavy atom. The van der Waals surface area contributed by atoms with Gasteiger partial charge in [0.1, 0.15) is 5.82 Å². The molecule has 0 aliphatic rings. The molecule has 0 fully saturated rings. The Kier molecular flexibility index (Phi) is 5.64. The first-order valence-electron chi connectivity index (χ1n) is 9.62. The van der Waals surface area contributed by atoms with Gasteiger partial charge in [-0.3, -0.25) is 4.79 Å². The van der Waals surface area contributed by atoms with Crippen molar-refractivity contribution in [3.05, 3.63) is 65.5 Å². The summed E-state index contributed by atoms with van der Waals surface area (Å²) < 4.78 is 2.30. The number of aryl methyl sites for hydroxylation is 2. The molecule has 0 atom stereocenters. The van der Waals surface area contributed by atoms with Gasteiger partial charge in [-0.05, 0) is 31.0 Å². The van der Waals surface area contributed by atoms with E-state index in [9.17, 15) is 4.79 Å². The highest BCUT2D eigenvalue weighted by atomic mass is 16.2. The van der Waals surface area contributed by atoms with Crippen molar-refractivity contribution < 1.29 is 4.79 Å². The minimum absolute atomic E-state index is 0.0932. The summed E-state index contributed by atoms with van der Waals surface area (Å²) in [6.45, 7) is 9.39. The maximum Gasteiger partial charge on any atom is 0.225 e. The van der Waals surface area contributed by atoms with Gasteiger partial charge in [0.2, 0.25) is 5.91 Å². The van der Waals surface area contributed by atoms with Crippen LogP contribution in [0.1, 0.15) is 44.1 Å². The largest absolute Gasteiger partial charge is 0.356 e. The number of hydrogen-bond donors (Lipinski definition) is 1. The molecule has 0 spiro atoms. The number of benzene rings is 2. The molecule has 1 aromatic heterocycles. The van der Waals surface area contributed by atoms with Gasteiger partial charge in [-0.15, -0.1) is 0 Å². The van der Waals surface area contributed by atoms with Crippen molar-refractivity contribution in [3.8, 4) is 0 Å². The van der Waals surface area contributed by atoms with Crippen molar-refractivity contribution in [2.45, 2.75) is 47.1 Å². The molecule has 2 aromatic carbocycles. The number of carbonyl (C=O) groups is 1. The number of imidazole rings is 1. The number of amides is 1. The predicted molar refractivity (Wildman–Crippen MR) is 111 cm³/mol. The number of nitrogens with one attached hydrogen (secondary N) is 1. The minimum atomic E-state index is -0.349. The van der Waals surface area contributed by atoms with Crippen LogP contribution in [0.25, 0.3) is 11.0 Å². The van der Waals surface area contributed by atoms with Gasteiger partial charge in [0.05, 0.1) is 11.0 Å². The molecule has 0 bridgehead atoms. The highest BCUT2D eigenvalue weighted by Gasteiger charge is 2.20. The Balaban J connectivity index is 1.74. The molecule has 1 heterocycles. The van der Waals surface area contributed by atoms with Crippen molar-refractivity contribution >= 4 is 16.9 Å². The molecular weight excluding hydrogens is 334 g/mol. The molecule has 3 aromatic rings. The molecular formula is C23H29N3O. The zero-order valence-corrected chi connectivity index (χ0v) is 16.7. The van der Waals surface area contributed by atoms with Gasteiger partial charge < -0.3 is 9.88 Å². The standard InChI is InChI=1S/C23H29N3O/c1-17-11-13-18(14-12-17)16-26-20-9-6-5-8-19(20)25-21(26)10-7-15-24-22(27)23(2,3)4/h5-6,8-9,11-14H,7,10,15-16H2,1-4H3,(H,24,27). The third kappa shape index (κ3) is 4.76. The molecule has 4 heteroatoms. The number of rotatable bonds is 6. The van der Waals surface area contributed by atoms with Crippen molar-refractivity contribution in [3.63, 3.8) is 0 Å². The van der Waals surface area contributed by atoms with E-state index in [1.807, 2.05) is 26.8 Å². The number of para-hydroxylation sites is 2. The summed E-state index contributed by atoms with van der Waals surface area (Å²) in [5.41, 5.74) is 4.37. The van der Waals surface area contributed by atoms with Crippen LogP contribution in [0.15, 0.2) is 48.5 Å². The van der Waals surface area contributed by atoms with E-state index in [1.54, 1.807) is 0 Å². The molecule has 3 rings (SSSR count). The first-order chi connectivity index (χ1) is 12.8. The maximum absolute atomic E-state index is 12.0. The van der Waals surface area contributed by atoms with Crippen LogP contribution in [0, 0.1) is 12.3 Å². The second kappa shape index (κ2) is 7.95. The molecule has 0 saturated heterocycles. The topological polar surface area (TPSA) is 46.9 Å². The molecule has 0 unspecified atom stereocenters. The van der Waals surface area contributed by atoms with Crippen LogP contribution in [-0.2, 0) is 17.8 Å². The van der Waals surface area contributed by atoms with Crippen LogP contribution in [0.5, 0.6) is 0 Å². The fourth-order valence-corrected chi connectivity index (χ4v) is 3.08. The fourth-order valence-electron chi connectivity index (χ4n) is 3.08. The van der Waals surface area contributed by atoms with Gasteiger partial charge in [-0.1, -0.05) is 62.7 Å². The Labute approximate surface area is 161 Å². The average Bonchev–Trinajstić information content (AvgIpc) is 2.97. The van der Waals surface area contributed by atoms with Gasteiger partial charge >= 0.3 is 0 Å². The lowest BCUT2D eigenvalue weighted by Gasteiger charge is -2.17. The quantitative estimate of drug-likeness (QED) is 0.656. The van der Waals surface area contributed by atoms with Crippen molar-refractivity contribution in [1.82, 2.24) is 14.9 Å². The second-order valence-electron chi connectivity index (χ2n) is 8.20. The summed E-state index contributed by atoms with van der Waals surface area (Å²) in [6, 6.07) is 16.9. The summed E-state index contributed by atoms with van der Waals surface area (Å²) in [4.78, 5) is 16.9. The number of carbonyl (C=O) groups excluding carboxylic acids is 1. The minimum Gasteiger partial charge on any atom is -0.356 e. The van der Waals surface area contributed by atoms with Crippen LogP contribution >= 0.6 is 0 Å². The van der Waals surface area contributed by atoms with Gasteiger partial charge in [0.25, 0.3) is 0 Å². The lowest BCUT2D eigenvalue weighted by molar-refractivity contribution is -0.128. The van der Waals surface area contributed by atoms with Crippen LogP contribution in [0.4, 0.5) is 0 Å². The molecule has 142 valence electrons. The van der Waals surface area contributed by atoms with Crippen molar-refractivity contribution in [2.75, 3.05) is 6.54 Å². The number of hydrogen-bond acceptors (Lipinski definition) is 2. The highest BCUT2D eigenvalue weighted by molar-refractivity contribution is 5.81. The molecule has 27 heavy (non-hydrogen) atoms. The Morgan fingerprint density at radius 3 is 2.48 bits per heavy atom. The van der Waals surface area contributed by atoms with Gasteiger partial charge in [-0.2, -0.15) is 0 Å². The van der Waals surface area contributed by atoms with E-state index < -0.39 is 0 Å². The smallest absolute Gasteiger partial charge is 0.225 e. The molecule has 0 aliphatic carbocycles. The van der Waals surface area contributed by atoms with E-state index in [2.05, 4.69) is 59.3 Å². The first kappa shape index (κ1) is 19.2. The van der Waals surface area contributed by atoms with Crippen LogP contribution < -0.4 is 5.32 Å². The summed E-state index contributed by atoms with van der Waals surface area (Å²) in [5.74, 6) is 1.16. The monoisotopic (exact) mass is 363 g/mol. The summed E-state index contributed by atoms with van der Waals surface area (Å²) >= 11 is 0. The maximum atomic E-state index is 12.0. The number of fused-ring (bicyclic) bond motifs is 1. The lowest BCUT2D eigenvalue weighted by Crippen LogP contribution is -2.35. The zero-order valence-electron chi connectivity index (χ0n) is 16.7. The number of nitrogens with zero attached hydrogens (tertiary/aromatic N) is 2. The van der Waals surface area contributed by atoms with E-state index in [-0.39, 0.29) is 11.3 Å². The summed E-state index contributed by atoms with van der Waals surface area (Å²) in [5, 5.41) is 3.03. The van der Waals surface area contributed by atoms with E-state index in [4.69, 9.17) is 4.98 Å². The SMILES string of the molecule is Cc1ccc(Cn2c(CCCNC(=O)C(C)(C)C)nc3ccccc32)cc1. The van der Waals surface area contributed by atoms with Crippen LogP contribution in [-0.4, -0.2) is 22.0 Å². The first-order valence-corrected chi connectivity index (χ1v) is 9.62.